The molecule has 10 nitrogen and oxygen atoms in total. The summed E-state index contributed by atoms with van der Waals surface area (Å²) in [5.74, 6) is 3.17. The van der Waals surface area contributed by atoms with Crippen LogP contribution in [0.15, 0.2) is 48.7 Å². The first-order chi connectivity index (χ1) is 17.9. The molecule has 0 unspecified atom stereocenters. The quantitative estimate of drug-likeness (QED) is 0.382. The van der Waals surface area contributed by atoms with Gasteiger partial charge in [0.2, 0.25) is 5.91 Å². The third kappa shape index (κ3) is 4.14. The standard InChI is InChI=1S/C27H26N4O6/c1-35-16-9-14(10-17(11-16)36-2)29-26(34)31-27-13-20(27)24(27)19-12-15(3-5-21(19)32)37-22-7-8-28-25-18(22)4-6-23(33)30-25/h3,5,7-12,20,24,32H,4,6,13H2,1-2H3,(H,28,30,33)(H2,29,31,34)/t20-,24+,27-/m0/s1. The Hall–Kier alpha value is -4.47. The van der Waals surface area contributed by atoms with E-state index in [2.05, 4.69) is 20.9 Å². The molecule has 2 aliphatic carbocycles. The zero-order valence-corrected chi connectivity index (χ0v) is 20.3. The van der Waals surface area contributed by atoms with Crippen LogP contribution in [-0.4, -0.2) is 41.8 Å². The second kappa shape index (κ2) is 8.58. The molecule has 190 valence electrons. The highest BCUT2D eigenvalue weighted by Crippen LogP contribution is 2.77. The van der Waals surface area contributed by atoms with E-state index in [1.54, 1.807) is 56.8 Å². The van der Waals surface area contributed by atoms with Gasteiger partial charge in [0, 0.05) is 53.5 Å². The van der Waals surface area contributed by atoms with Gasteiger partial charge in [0.25, 0.3) is 0 Å². The van der Waals surface area contributed by atoms with Gasteiger partial charge in [-0.25, -0.2) is 9.78 Å². The zero-order chi connectivity index (χ0) is 25.7. The first kappa shape index (κ1) is 23.0. The molecule has 2 saturated carbocycles. The topological polar surface area (TPSA) is 131 Å². The van der Waals surface area contributed by atoms with Crippen LogP contribution >= 0.6 is 0 Å². The van der Waals surface area contributed by atoms with Gasteiger partial charge >= 0.3 is 6.03 Å². The lowest BCUT2D eigenvalue weighted by molar-refractivity contribution is -0.116. The van der Waals surface area contributed by atoms with Gasteiger partial charge in [0.05, 0.1) is 19.8 Å². The van der Waals surface area contributed by atoms with E-state index >= 15 is 0 Å². The molecule has 6 rings (SSSR count). The molecule has 4 N–H and O–H groups in total. The first-order valence-corrected chi connectivity index (χ1v) is 12.0. The lowest BCUT2D eigenvalue weighted by Gasteiger charge is -2.20. The van der Waals surface area contributed by atoms with E-state index in [1.807, 2.05) is 6.07 Å². The molecule has 37 heavy (non-hydrogen) atoms. The minimum atomic E-state index is -0.386. The van der Waals surface area contributed by atoms with Crippen molar-refractivity contribution in [3.63, 3.8) is 0 Å². The van der Waals surface area contributed by atoms with Gasteiger partial charge in [-0.1, -0.05) is 0 Å². The lowest BCUT2D eigenvalue weighted by atomic mass is 9.99. The van der Waals surface area contributed by atoms with Gasteiger partial charge in [-0.3, -0.25) is 4.79 Å². The highest BCUT2D eigenvalue weighted by molar-refractivity contribution is 5.93. The van der Waals surface area contributed by atoms with E-state index in [-0.39, 0.29) is 35.1 Å². The third-order valence-electron chi connectivity index (χ3n) is 7.30. The highest BCUT2D eigenvalue weighted by Gasteiger charge is 2.80. The number of carbonyl (C=O) groups is 2. The van der Waals surface area contributed by atoms with Gasteiger partial charge < -0.3 is 35.3 Å². The Labute approximate surface area is 213 Å². The first-order valence-electron chi connectivity index (χ1n) is 12.0. The predicted octanol–water partition coefficient (Wildman–Crippen LogP) is 4.16. The molecule has 0 saturated heterocycles. The fourth-order valence-electron chi connectivity index (χ4n) is 5.20. The number of aromatic hydroxyl groups is 1. The van der Waals surface area contributed by atoms with E-state index in [0.717, 1.165) is 17.5 Å². The SMILES string of the molecule is COc1cc(NC(=O)N[C@@]23C[C@H]2[C@H]3c2cc(Oc3ccnc4c3CCC(=O)N4)ccc2O)cc(OC)c1. The normalized spacial score (nSPS) is 22.6. The molecule has 3 atom stereocenters. The van der Waals surface area contributed by atoms with Gasteiger partial charge in [-0.15, -0.1) is 0 Å². The number of urea groups is 1. The largest absolute Gasteiger partial charge is 0.508 e. The number of rotatable bonds is 7. The Bertz CT molecular complexity index is 1400. The van der Waals surface area contributed by atoms with Crippen molar-refractivity contribution in [1.82, 2.24) is 10.3 Å². The van der Waals surface area contributed by atoms with Crippen LogP contribution in [0, 0.1) is 5.92 Å². The average Bonchev–Trinajstić information content (AvgIpc) is 3.75. The number of carbonyl (C=O) groups excluding carboxylic acids is 2. The van der Waals surface area contributed by atoms with E-state index in [0.29, 0.717) is 47.3 Å². The van der Waals surface area contributed by atoms with Crippen LogP contribution in [0.4, 0.5) is 16.3 Å². The number of methoxy groups -OCH3 is 2. The number of hydrogen-bond donors (Lipinski definition) is 4. The smallest absolute Gasteiger partial charge is 0.319 e. The number of benzene rings is 2. The summed E-state index contributed by atoms with van der Waals surface area (Å²) in [6, 6.07) is 11.7. The summed E-state index contributed by atoms with van der Waals surface area (Å²) in [4.78, 5) is 28.7. The van der Waals surface area contributed by atoms with Crippen molar-refractivity contribution >= 4 is 23.4 Å². The summed E-state index contributed by atoms with van der Waals surface area (Å²) in [6.45, 7) is 0. The van der Waals surface area contributed by atoms with Gasteiger partial charge in [-0.05, 0) is 43.0 Å². The summed E-state index contributed by atoms with van der Waals surface area (Å²) in [6.07, 6.45) is 3.35. The van der Waals surface area contributed by atoms with Crippen LogP contribution in [0.2, 0.25) is 0 Å². The molecule has 1 aromatic heterocycles. The minimum absolute atomic E-state index is 0.00714. The van der Waals surface area contributed by atoms with Crippen molar-refractivity contribution in [2.75, 3.05) is 24.9 Å². The molecule has 0 bridgehead atoms. The molecule has 0 spiro atoms. The molecule has 2 heterocycles. The monoisotopic (exact) mass is 502 g/mol. The number of phenols is 1. The van der Waals surface area contributed by atoms with Crippen molar-refractivity contribution in [2.45, 2.75) is 30.7 Å². The molecule has 1 aliphatic heterocycles. The molecule has 2 aromatic carbocycles. The van der Waals surface area contributed by atoms with Crippen LogP contribution in [-0.2, 0) is 11.2 Å². The maximum Gasteiger partial charge on any atom is 0.319 e. The number of phenolic OH excluding ortho intramolecular Hbond substituents is 1. The number of amides is 3. The fourth-order valence-corrected chi connectivity index (χ4v) is 5.20. The number of anilines is 2. The van der Waals surface area contributed by atoms with Crippen LogP contribution in [0.3, 0.4) is 0 Å². The Kier molecular flexibility index (Phi) is 5.32. The molecule has 10 heteroatoms. The summed E-state index contributed by atoms with van der Waals surface area (Å²) < 4.78 is 16.7. The number of nitrogens with one attached hydrogen (secondary N) is 3. The molecule has 3 amide bonds. The molecule has 3 aromatic rings. The van der Waals surface area contributed by atoms with Gasteiger partial charge in [0.1, 0.15) is 34.6 Å². The van der Waals surface area contributed by atoms with Crippen molar-refractivity contribution < 1.29 is 28.9 Å². The molecule has 2 fully saturated rings. The number of hydrogen-bond acceptors (Lipinski definition) is 7. The third-order valence-corrected chi connectivity index (χ3v) is 7.30. The maximum absolute atomic E-state index is 12.8. The minimum Gasteiger partial charge on any atom is -0.508 e. The van der Waals surface area contributed by atoms with Crippen LogP contribution in [0.25, 0.3) is 0 Å². The molecule has 0 radical (unpaired) electrons. The van der Waals surface area contributed by atoms with E-state index in [1.165, 1.54) is 0 Å². The number of nitrogens with zero attached hydrogens (tertiary/aromatic N) is 1. The summed E-state index contributed by atoms with van der Waals surface area (Å²) >= 11 is 0. The highest BCUT2D eigenvalue weighted by atomic mass is 16.5. The van der Waals surface area contributed by atoms with Gasteiger partial charge in [0.15, 0.2) is 0 Å². The van der Waals surface area contributed by atoms with Crippen molar-refractivity contribution in [3.8, 4) is 28.7 Å². The number of fused-ring (bicyclic) bond motifs is 2. The summed E-state index contributed by atoms with van der Waals surface area (Å²) in [7, 11) is 3.10. The van der Waals surface area contributed by atoms with Crippen molar-refractivity contribution in [1.29, 1.82) is 0 Å². The molecule has 3 aliphatic rings. The lowest BCUT2D eigenvalue weighted by Crippen LogP contribution is -2.36. The van der Waals surface area contributed by atoms with Crippen molar-refractivity contribution in [2.24, 2.45) is 5.92 Å². The fraction of sp³-hybridized carbons (Fsp3) is 0.296. The zero-order valence-electron chi connectivity index (χ0n) is 20.3. The number of aromatic nitrogens is 1. The average molecular weight is 503 g/mol. The van der Waals surface area contributed by atoms with Crippen LogP contribution in [0.5, 0.6) is 28.7 Å². The van der Waals surface area contributed by atoms with Crippen LogP contribution < -0.4 is 30.2 Å². The second-order valence-electron chi connectivity index (χ2n) is 9.52. The van der Waals surface area contributed by atoms with Gasteiger partial charge in [-0.2, -0.15) is 0 Å². The Morgan fingerprint density at radius 2 is 1.86 bits per heavy atom. The molecular formula is C27H26N4O6. The van der Waals surface area contributed by atoms with E-state index in [9.17, 15) is 14.7 Å². The second-order valence-corrected chi connectivity index (χ2v) is 9.52. The maximum atomic E-state index is 12.8. The summed E-state index contributed by atoms with van der Waals surface area (Å²) in [5.41, 5.74) is 1.74. The number of pyridine rings is 1. The van der Waals surface area contributed by atoms with Crippen molar-refractivity contribution in [3.05, 3.63) is 59.8 Å². The van der Waals surface area contributed by atoms with E-state index < -0.39 is 0 Å². The Morgan fingerprint density at radius 1 is 1.08 bits per heavy atom. The van der Waals surface area contributed by atoms with Crippen LogP contribution in [0.1, 0.15) is 29.9 Å². The predicted molar refractivity (Wildman–Crippen MR) is 135 cm³/mol. The Morgan fingerprint density at radius 3 is 2.59 bits per heavy atom. The molecular weight excluding hydrogens is 476 g/mol. The Balaban J connectivity index is 1.16. The number of ether oxygens (including phenoxy) is 3. The summed E-state index contributed by atoms with van der Waals surface area (Å²) in [5, 5.41) is 19.3. The van der Waals surface area contributed by atoms with E-state index in [4.69, 9.17) is 14.2 Å².